The van der Waals surface area contributed by atoms with Crippen molar-refractivity contribution >= 4 is 0 Å². The largest absolute Gasteiger partial charge is 0.383 e. The summed E-state index contributed by atoms with van der Waals surface area (Å²) < 4.78 is 10.6. The number of hydrogen-bond acceptors (Lipinski definition) is 3. The molecule has 1 heterocycles. The first kappa shape index (κ1) is 15.3. The summed E-state index contributed by atoms with van der Waals surface area (Å²) in [5.74, 6) is 2.75. The number of rotatable bonds is 8. The van der Waals surface area contributed by atoms with Gasteiger partial charge in [-0.1, -0.05) is 25.7 Å². The molecule has 3 heteroatoms. The molecule has 0 spiro atoms. The Morgan fingerprint density at radius 1 is 1.16 bits per heavy atom. The zero-order valence-electron chi connectivity index (χ0n) is 12.5. The predicted molar refractivity (Wildman–Crippen MR) is 78.4 cm³/mol. The van der Waals surface area contributed by atoms with E-state index in [1.165, 1.54) is 51.5 Å². The number of nitrogens with one attached hydrogen (secondary N) is 1. The standard InChI is InChI=1S/C16H31NO2/c1-18-11-8-17-13-16(15-4-2-3-5-15)12-14-6-9-19-10-7-14/h14-17H,2-13H2,1H3. The van der Waals surface area contributed by atoms with Gasteiger partial charge in [-0.05, 0) is 43.6 Å². The summed E-state index contributed by atoms with van der Waals surface area (Å²) >= 11 is 0. The van der Waals surface area contributed by atoms with Gasteiger partial charge in [0.05, 0.1) is 6.61 Å². The Morgan fingerprint density at radius 3 is 2.58 bits per heavy atom. The second-order valence-corrected chi connectivity index (χ2v) is 6.29. The van der Waals surface area contributed by atoms with E-state index in [1.54, 1.807) is 7.11 Å². The van der Waals surface area contributed by atoms with Crippen LogP contribution in [0.25, 0.3) is 0 Å². The Balaban J connectivity index is 1.75. The SMILES string of the molecule is COCCNCC(CC1CCOCC1)C1CCCC1. The average Bonchev–Trinajstić information content (AvgIpc) is 2.97. The topological polar surface area (TPSA) is 30.5 Å². The van der Waals surface area contributed by atoms with Gasteiger partial charge in [-0.3, -0.25) is 0 Å². The molecule has 112 valence electrons. The van der Waals surface area contributed by atoms with Crippen LogP contribution in [-0.4, -0.2) is 40.0 Å². The van der Waals surface area contributed by atoms with Crippen molar-refractivity contribution in [2.24, 2.45) is 17.8 Å². The summed E-state index contributed by atoms with van der Waals surface area (Å²) in [5.41, 5.74) is 0. The van der Waals surface area contributed by atoms with Gasteiger partial charge < -0.3 is 14.8 Å². The predicted octanol–water partition coefficient (Wildman–Crippen LogP) is 2.85. The second-order valence-electron chi connectivity index (χ2n) is 6.29. The average molecular weight is 269 g/mol. The number of methoxy groups -OCH3 is 1. The molecule has 1 atom stereocenters. The zero-order valence-corrected chi connectivity index (χ0v) is 12.5. The Bertz CT molecular complexity index is 223. The minimum Gasteiger partial charge on any atom is -0.383 e. The van der Waals surface area contributed by atoms with E-state index in [1.807, 2.05) is 0 Å². The fourth-order valence-corrected chi connectivity index (χ4v) is 3.74. The molecule has 0 aromatic rings. The summed E-state index contributed by atoms with van der Waals surface area (Å²) in [5, 5.41) is 3.60. The van der Waals surface area contributed by atoms with Crippen molar-refractivity contribution in [3.63, 3.8) is 0 Å². The maximum atomic E-state index is 5.49. The molecule has 0 amide bonds. The maximum absolute atomic E-state index is 5.49. The lowest BCUT2D eigenvalue weighted by atomic mass is 9.81. The minimum atomic E-state index is 0.828. The Morgan fingerprint density at radius 2 is 1.89 bits per heavy atom. The van der Waals surface area contributed by atoms with Gasteiger partial charge in [-0.15, -0.1) is 0 Å². The fourth-order valence-electron chi connectivity index (χ4n) is 3.74. The summed E-state index contributed by atoms with van der Waals surface area (Å²) in [6, 6.07) is 0. The van der Waals surface area contributed by atoms with E-state index < -0.39 is 0 Å². The third-order valence-electron chi connectivity index (χ3n) is 4.93. The third-order valence-corrected chi connectivity index (χ3v) is 4.93. The summed E-state index contributed by atoms with van der Waals surface area (Å²) in [6.07, 6.45) is 9.79. The molecule has 1 aliphatic heterocycles. The second kappa shape index (κ2) is 8.93. The molecule has 2 rings (SSSR count). The Kier molecular flexibility index (Phi) is 7.18. The molecule has 1 saturated heterocycles. The summed E-state index contributed by atoms with van der Waals surface area (Å²) in [4.78, 5) is 0. The van der Waals surface area contributed by atoms with Crippen LogP contribution in [0.15, 0.2) is 0 Å². The van der Waals surface area contributed by atoms with E-state index in [-0.39, 0.29) is 0 Å². The van der Waals surface area contributed by atoms with Gasteiger partial charge >= 0.3 is 0 Å². The van der Waals surface area contributed by atoms with Crippen LogP contribution in [0.1, 0.15) is 44.9 Å². The van der Waals surface area contributed by atoms with Crippen molar-refractivity contribution in [3.8, 4) is 0 Å². The molecule has 1 saturated carbocycles. The zero-order chi connectivity index (χ0) is 13.3. The highest BCUT2D eigenvalue weighted by Gasteiger charge is 2.27. The normalized spacial score (nSPS) is 23.8. The maximum Gasteiger partial charge on any atom is 0.0587 e. The Labute approximate surface area is 118 Å². The third kappa shape index (κ3) is 5.41. The minimum absolute atomic E-state index is 0.828. The molecule has 1 N–H and O–H groups in total. The molecule has 1 unspecified atom stereocenters. The highest BCUT2D eigenvalue weighted by atomic mass is 16.5. The van der Waals surface area contributed by atoms with Crippen LogP contribution in [0.3, 0.4) is 0 Å². The smallest absolute Gasteiger partial charge is 0.0587 e. The van der Waals surface area contributed by atoms with Gasteiger partial charge in [0.25, 0.3) is 0 Å². The van der Waals surface area contributed by atoms with Crippen molar-refractivity contribution in [1.29, 1.82) is 0 Å². The van der Waals surface area contributed by atoms with Crippen LogP contribution in [0, 0.1) is 17.8 Å². The van der Waals surface area contributed by atoms with Gasteiger partial charge in [0.2, 0.25) is 0 Å². The monoisotopic (exact) mass is 269 g/mol. The molecule has 19 heavy (non-hydrogen) atoms. The highest BCUT2D eigenvalue weighted by Crippen LogP contribution is 2.36. The van der Waals surface area contributed by atoms with Crippen LogP contribution < -0.4 is 5.32 Å². The van der Waals surface area contributed by atoms with Gasteiger partial charge in [0.15, 0.2) is 0 Å². The van der Waals surface area contributed by atoms with Gasteiger partial charge in [-0.25, -0.2) is 0 Å². The molecule has 0 radical (unpaired) electrons. The van der Waals surface area contributed by atoms with Crippen LogP contribution in [0.2, 0.25) is 0 Å². The molecule has 0 bridgehead atoms. The van der Waals surface area contributed by atoms with E-state index in [0.717, 1.165) is 44.1 Å². The number of hydrogen-bond donors (Lipinski definition) is 1. The van der Waals surface area contributed by atoms with Crippen LogP contribution in [-0.2, 0) is 9.47 Å². The first-order valence-electron chi connectivity index (χ1n) is 8.17. The van der Waals surface area contributed by atoms with Gasteiger partial charge in [-0.2, -0.15) is 0 Å². The molecular formula is C16H31NO2. The van der Waals surface area contributed by atoms with Crippen molar-refractivity contribution in [2.75, 3.05) is 40.0 Å². The molecule has 2 aliphatic rings. The first-order valence-corrected chi connectivity index (χ1v) is 8.17. The first-order chi connectivity index (χ1) is 9.40. The van der Waals surface area contributed by atoms with E-state index in [9.17, 15) is 0 Å². The molecule has 1 aliphatic carbocycles. The Hall–Kier alpha value is -0.120. The van der Waals surface area contributed by atoms with Crippen LogP contribution in [0.5, 0.6) is 0 Å². The molecular weight excluding hydrogens is 238 g/mol. The molecule has 0 aromatic carbocycles. The molecule has 3 nitrogen and oxygen atoms in total. The lowest BCUT2D eigenvalue weighted by Gasteiger charge is -2.30. The van der Waals surface area contributed by atoms with E-state index in [0.29, 0.717) is 0 Å². The van der Waals surface area contributed by atoms with Crippen molar-refractivity contribution in [2.45, 2.75) is 44.9 Å². The molecule has 2 fully saturated rings. The fraction of sp³-hybridized carbons (Fsp3) is 1.00. The van der Waals surface area contributed by atoms with E-state index in [4.69, 9.17) is 9.47 Å². The summed E-state index contributed by atoms with van der Waals surface area (Å²) in [7, 11) is 1.78. The molecule has 0 aromatic heterocycles. The van der Waals surface area contributed by atoms with Gasteiger partial charge in [0, 0.05) is 26.9 Å². The highest BCUT2D eigenvalue weighted by molar-refractivity contribution is 4.80. The van der Waals surface area contributed by atoms with Crippen molar-refractivity contribution in [3.05, 3.63) is 0 Å². The lowest BCUT2D eigenvalue weighted by Crippen LogP contribution is -2.32. The van der Waals surface area contributed by atoms with Crippen molar-refractivity contribution in [1.82, 2.24) is 5.32 Å². The van der Waals surface area contributed by atoms with Crippen molar-refractivity contribution < 1.29 is 9.47 Å². The number of ether oxygens (including phenoxy) is 2. The quantitative estimate of drug-likeness (QED) is 0.687. The lowest BCUT2D eigenvalue weighted by molar-refractivity contribution is 0.0545. The summed E-state index contributed by atoms with van der Waals surface area (Å²) in [6.45, 7) is 4.98. The van der Waals surface area contributed by atoms with Crippen LogP contribution in [0.4, 0.5) is 0 Å². The van der Waals surface area contributed by atoms with E-state index >= 15 is 0 Å². The van der Waals surface area contributed by atoms with Crippen LogP contribution >= 0.6 is 0 Å². The van der Waals surface area contributed by atoms with Gasteiger partial charge in [0.1, 0.15) is 0 Å². The van der Waals surface area contributed by atoms with E-state index in [2.05, 4.69) is 5.32 Å².